The largest absolute Gasteiger partial charge is 0.370 e. The zero-order valence-corrected chi connectivity index (χ0v) is 9.92. The molecular formula is C13H19FN2O+2. The Kier molecular flexibility index (Phi) is 3.09. The predicted octanol–water partition coefficient (Wildman–Crippen LogP) is -1.14. The molecule has 0 bridgehead atoms. The Bertz CT molecular complexity index is 404. The average Bonchev–Trinajstić information content (AvgIpc) is 2.39. The summed E-state index contributed by atoms with van der Waals surface area (Å²) in [5, 5.41) is 2.29. The molecule has 1 atom stereocenters. The van der Waals surface area contributed by atoms with Gasteiger partial charge in [0, 0.05) is 11.1 Å². The topological polar surface area (TPSA) is 30.3 Å². The lowest BCUT2D eigenvalue weighted by Gasteiger charge is -2.33. The second-order valence-corrected chi connectivity index (χ2v) is 4.89. The lowest BCUT2D eigenvalue weighted by atomic mass is 9.95. The summed E-state index contributed by atoms with van der Waals surface area (Å²) >= 11 is 0. The summed E-state index contributed by atoms with van der Waals surface area (Å²) in [5.41, 5.74) is 2.51. The number of halogens is 1. The first-order valence-electron chi connectivity index (χ1n) is 6.37. The maximum atomic E-state index is 13.2. The average molecular weight is 238 g/mol. The number of benzene rings is 1. The van der Waals surface area contributed by atoms with Gasteiger partial charge >= 0.3 is 0 Å². The molecule has 92 valence electrons. The Hall–Kier alpha value is -0.970. The van der Waals surface area contributed by atoms with E-state index in [9.17, 15) is 4.39 Å². The molecule has 1 aromatic carbocycles. The first kappa shape index (κ1) is 11.1. The van der Waals surface area contributed by atoms with Gasteiger partial charge < -0.3 is 15.0 Å². The molecule has 2 aliphatic rings. The molecular weight excluding hydrogens is 219 g/mol. The van der Waals surface area contributed by atoms with Crippen molar-refractivity contribution in [2.75, 3.05) is 32.8 Å². The van der Waals surface area contributed by atoms with E-state index >= 15 is 0 Å². The third-order valence-electron chi connectivity index (χ3n) is 3.87. The summed E-state index contributed by atoms with van der Waals surface area (Å²) in [7, 11) is 0. The third-order valence-corrected chi connectivity index (χ3v) is 3.87. The Morgan fingerprint density at radius 3 is 2.94 bits per heavy atom. The van der Waals surface area contributed by atoms with Gasteiger partial charge in [-0.1, -0.05) is 0 Å². The van der Waals surface area contributed by atoms with E-state index in [0.29, 0.717) is 6.04 Å². The van der Waals surface area contributed by atoms with Crippen LogP contribution in [0.1, 0.15) is 17.2 Å². The monoisotopic (exact) mass is 238 g/mol. The van der Waals surface area contributed by atoms with Crippen LogP contribution in [0.3, 0.4) is 0 Å². The van der Waals surface area contributed by atoms with Crippen molar-refractivity contribution in [1.82, 2.24) is 0 Å². The molecule has 4 heteroatoms. The van der Waals surface area contributed by atoms with E-state index in [1.807, 2.05) is 6.07 Å². The standard InChI is InChI=1S/C13H17FN2O/c14-11-1-2-12-10(7-11)8-15-9-13(12)16-3-5-17-6-4-16/h1-2,7,13,15H,3-6,8-9H2/p+2/t13-/m0/s1. The van der Waals surface area contributed by atoms with Crippen molar-refractivity contribution in [2.45, 2.75) is 12.6 Å². The number of nitrogens with one attached hydrogen (secondary N) is 1. The van der Waals surface area contributed by atoms with Gasteiger partial charge in [0.25, 0.3) is 0 Å². The van der Waals surface area contributed by atoms with Crippen molar-refractivity contribution < 1.29 is 19.3 Å². The minimum absolute atomic E-state index is 0.116. The van der Waals surface area contributed by atoms with E-state index in [4.69, 9.17) is 4.74 Å². The molecule has 1 saturated heterocycles. The van der Waals surface area contributed by atoms with Crippen LogP contribution in [-0.2, 0) is 11.3 Å². The number of rotatable bonds is 1. The van der Waals surface area contributed by atoms with Crippen molar-refractivity contribution in [3.8, 4) is 0 Å². The van der Waals surface area contributed by atoms with E-state index in [0.717, 1.165) is 39.4 Å². The smallest absolute Gasteiger partial charge is 0.163 e. The second-order valence-electron chi connectivity index (χ2n) is 4.89. The highest BCUT2D eigenvalue weighted by atomic mass is 19.1. The molecule has 3 N–H and O–H groups in total. The van der Waals surface area contributed by atoms with Crippen LogP contribution < -0.4 is 10.2 Å². The van der Waals surface area contributed by atoms with E-state index in [1.165, 1.54) is 11.1 Å². The Balaban J connectivity index is 1.88. The summed E-state index contributed by atoms with van der Waals surface area (Å²) in [5.74, 6) is -0.116. The number of ether oxygens (including phenoxy) is 1. The molecule has 0 spiro atoms. The number of morpholine rings is 1. The highest BCUT2D eigenvalue weighted by Gasteiger charge is 2.32. The quantitative estimate of drug-likeness (QED) is 0.636. The van der Waals surface area contributed by atoms with Gasteiger partial charge in [0.05, 0.1) is 13.2 Å². The Morgan fingerprint density at radius 2 is 2.12 bits per heavy atom. The van der Waals surface area contributed by atoms with Gasteiger partial charge in [0.2, 0.25) is 0 Å². The fourth-order valence-corrected chi connectivity index (χ4v) is 2.99. The fourth-order valence-electron chi connectivity index (χ4n) is 2.99. The minimum Gasteiger partial charge on any atom is -0.370 e. The van der Waals surface area contributed by atoms with Gasteiger partial charge in [-0.3, -0.25) is 0 Å². The van der Waals surface area contributed by atoms with Gasteiger partial charge in [-0.15, -0.1) is 0 Å². The van der Waals surface area contributed by atoms with Crippen molar-refractivity contribution in [2.24, 2.45) is 0 Å². The minimum atomic E-state index is -0.116. The number of fused-ring (bicyclic) bond motifs is 1. The molecule has 0 aliphatic carbocycles. The molecule has 17 heavy (non-hydrogen) atoms. The summed E-state index contributed by atoms with van der Waals surface area (Å²) in [6, 6.07) is 5.77. The van der Waals surface area contributed by atoms with Crippen molar-refractivity contribution in [3.63, 3.8) is 0 Å². The number of hydrogen-bond donors (Lipinski definition) is 2. The molecule has 1 fully saturated rings. The van der Waals surface area contributed by atoms with Crippen LogP contribution in [0, 0.1) is 5.82 Å². The van der Waals surface area contributed by atoms with Crippen LogP contribution in [0.4, 0.5) is 4.39 Å². The molecule has 0 radical (unpaired) electrons. The highest BCUT2D eigenvalue weighted by Crippen LogP contribution is 2.18. The van der Waals surface area contributed by atoms with Crippen LogP contribution >= 0.6 is 0 Å². The maximum Gasteiger partial charge on any atom is 0.163 e. The molecule has 0 aromatic heterocycles. The van der Waals surface area contributed by atoms with Crippen molar-refractivity contribution in [1.29, 1.82) is 0 Å². The van der Waals surface area contributed by atoms with Gasteiger partial charge in [-0.05, 0) is 18.2 Å². The van der Waals surface area contributed by atoms with Gasteiger partial charge in [0.15, 0.2) is 6.04 Å². The Labute approximate surface area is 101 Å². The normalized spacial score (nSPS) is 25.6. The molecule has 3 rings (SSSR count). The summed E-state index contributed by atoms with van der Waals surface area (Å²) in [6.07, 6.45) is 0. The van der Waals surface area contributed by atoms with Gasteiger partial charge in [0.1, 0.15) is 32.0 Å². The zero-order valence-electron chi connectivity index (χ0n) is 9.92. The number of nitrogens with two attached hydrogens (primary N) is 1. The maximum absolute atomic E-state index is 13.2. The molecule has 1 aromatic rings. The van der Waals surface area contributed by atoms with E-state index in [2.05, 4.69) is 5.32 Å². The lowest BCUT2D eigenvalue weighted by molar-refractivity contribution is -0.954. The number of hydrogen-bond acceptors (Lipinski definition) is 1. The lowest BCUT2D eigenvalue weighted by Crippen LogP contribution is -3.17. The first-order chi connectivity index (χ1) is 8.34. The van der Waals surface area contributed by atoms with E-state index < -0.39 is 0 Å². The van der Waals surface area contributed by atoms with E-state index in [-0.39, 0.29) is 5.82 Å². The van der Waals surface area contributed by atoms with Crippen molar-refractivity contribution >= 4 is 0 Å². The molecule has 0 amide bonds. The summed E-state index contributed by atoms with van der Waals surface area (Å²) in [4.78, 5) is 1.58. The summed E-state index contributed by atoms with van der Waals surface area (Å²) in [6.45, 7) is 5.84. The van der Waals surface area contributed by atoms with Crippen LogP contribution in [0.2, 0.25) is 0 Å². The molecule has 0 saturated carbocycles. The molecule has 2 heterocycles. The molecule has 3 nitrogen and oxygen atoms in total. The van der Waals surface area contributed by atoms with Crippen LogP contribution in [0.5, 0.6) is 0 Å². The fraction of sp³-hybridized carbons (Fsp3) is 0.538. The van der Waals surface area contributed by atoms with Crippen LogP contribution in [0.25, 0.3) is 0 Å². The number of quaternary nitrogens is 2. The molecule has 2 aliphatic heterocycles. The highest BCUT2D eigenvalue weighted by molar-refractivity contribution is 5.30. The van der Waals surface area contributed by atoms with Crippen LogP contribution in [-0.4, -0.2) is 32.8 Å². The van der Waals surface area contributed by atoms with Gasteiger partial charge in [-0.2, -0.15) is 0 Å². The third kappa shape index (κ3) is 2.20. The zero-order chi connectivity index (χ0) is 11.7. The Morgan fingerprint density at radius 1 is 1.29 bits per heavy atom. The summed E-state index contributed by atoms with van der Waals surface area (Å²) < 4.78 is 18.6. The van der Waals surface area contributed by atoms with E-state index in [1.54, 1.807) is 17.0 Å². The van der Waals surface area contributed by atoms with Crippen molar-refractivity contribution in [3.05, 3.63) is 35.1 Å². The molecule has 0 unspecified atom stereocenters. The van der Waals surface area contributed by atoms with Crippen LogP contribution in [0.15, 0.2) is 18.2 Å². The first-order valence-corrected chi connectivity index (χ1v) is 6.37. The van der Waals surface area contributed by atoms with Gasteiger partial charge in [-0.25, -0.2) is 4.39 Å². The SMILES string of the molecule is Fc1ccc2c(c1)C[NH2+]C[C@@H]2[NH+]1CCOCC1. The predicted molar refractivity (Wildman–Crippen MR) is 61.2 cm³/mol. The second kappa shape index (κ2) is 4.72.